The largest absolute Gasteiger partial charge is 0.507 e. The zero-order chi connectivity index (χ0) is 11.6. The molecule has 0 radical (unpaired) electrons. The van der Waals surface area contributed by atoms with Crippen LogP contribution in [0.15, 0.2) is 18.2 Å². The Balaban J connectivity index is 3.23. The molecule has 0 bridgehead atoms. The third-order valence-electron chi connectivity index (χ3n) is 2.61. The molecule has 0 aliphatic rings. The van der Waals surface area contributed by atoms with E-state index in [0.717, 1.165) is 5.56 Å². The molecule has 0 fully saturated rings. The Labute approximate surface area is 90.1 Å². The maximum atomic E-state index is 13.7. The van der Waals surface area contributed by atoms with Crippen LogP contribution >= 0.6 is 0 Å². The Morgan fingerprint density at radius 2 is 2.00 bits per heavy atom. The first kappa shape index (κ1) is 12.0. The van der Waals surface area contributed by atoms with Gasteiger partial charge >= 0.3 is 0 Å². The average Bonchev–Trinajstić information content (AvgIpc) is 2.15. The van der Waals surface area contributed by atoms with Crippen LogP contribution in [0.1, 0.15) is 37.9 Å². The predicted octanol–water partition coefficient (Wildman–Crippen LogP) is 2.88. The van der Waals surface area contributed by atoms with Crippen molar-refractivity contribution in [1.29, 1.82) is 0 Å². The van der Waals surface area contributed by atoms with Crippen LogP contribution in [0, 0.1) is 0 Å². The summed E-state index contributed by atoms with van der Waals surface area (Å²) in [7, 11) is 1.80. The summed E-state index contributed by atoms with van der Waals surface area (Å²) in [5.74, 6) is 0.0480. The van der Waals surface area contributed by atoms with E-state index in [9.17, 15) is 9.50 Å². The first-order chi connectivity index (χ1) is 6.88. The first-order valence-electron chi connectivity index (χ1n) is 5.06. The Kier molecular flexibility index (Phi) is 3.35. The molecule has 0 heterocycles. The van der Waals surface area contributed by atoms with E-state index in [0.29, 0.717) is 5.56 Å². The fraction of sp³-hybridized carbons (Fsp3) is 0.500. The molecule has 0 amide bonds. The smallest absolute Gasteiger partial charge is 0.134 e. The van der Waals surface area contributed by atoms with E-state index in [2.05, 4.69) is 5.32 Å². The predicted molar refractivity (Wildman–Crippen MR) is 59.7 cm³/mol. The highest BCUT2D eigenvalue weighted by molar-refractivity contribution is 5.44. The zero-order valence-electron chi connectivity index (χ0n) is 9.63. The van der Waals surface area contributed by atoms with Crippen molar-refractivity contribution in [2.45, 2.75) is 32.5 Å². The van der Waals surface area contributed by atoms with Crippen molar-refractivity contribution in [2.75, 3.05) is 7.05 Å². The van der Waals surface area contributed by atoms with Gasteiger partial charge in [-0.15, -0.1) is 0 Å². The number of hydrogen-bond acceptors (Lipinski definition) is 2. The first-order valence-corrected chi connectivity index (χ1v) is 5.06. The molecule has 0 saturated carbocycles. The van der Waals surface area contributed by atoms with Crippen LogP contribution in [0.5, 0.6) is 5.75 Å². The molecule has 0 aliphatic carbocycles. The molecule has 1 unspecified atom stereocenters. The molecule has 1 aromatic rings. The summed E-state index contributed by atoms with van der Waals surface area (Å²) in [5, 5.41) is 13.0. The number of rotatable bonds is 3. The normalized spacial score (nSPS) is 13.9. The highest BCUT2D eigenvalue weighted by Gasteiger charge is 2.24. The zero-order valence-corrected chi connectivity index (χ0v) is 9.63. The van der Waals surface area contributed by atoms with Gasteiger partial charge in [0.05, 0.1) is 0 Å². The SMILES string of the molecule is CNC(C)c1cccc(C(C)(C)F)c1O. The van der Waals surface area contributed by atoms with Crippen LogP contribution < -0.4 is 5.32 Å². The summed E-state index contributed by atoms with van der Waals surface area (Å²) in [5.41, 5.74) is -0.462. The number of halogens is 1. The van der Waals surface area contributed by atoms with Crippen LogP contribution in [-0.4, -0.2) is 12.2 Å². The van der Waals surface area contributed by atoms with E-state index in [4.69, 9.17) is 0 Å². The highest BCUT2D eigenvalue weighted by atomic mass is 19.1. The Morgan fingerprint density at radius 3 is 2.47 bits per heavy atom. The van der Waals surface area contributed by atoms with Gasteiger partial charge in [0.25, 0.3) is 0 Å². The molecule has 3 heteroatoms. The number of alkyl halides is 1. The molecule has 1 aromatic carbocycles. The van der Waals surface area contributed by atoms with E-state index in [-0.39, 0.29) is 11.8 Å². The van der Waals surface area contributed by atoms with E-state index in [1.54, 1.807) is 25.2 Å². The molecule has 84 valence electrons. The summed E-state index contributed by atoms with van der Waals surface area (Å²) in [6.07, 6.45) is 0. The van der Waals surface area contributed by atoms with Crippen LogP contribution in [0.3, 0.4) is 0 Å². The molecule has 2 N–H and O–H groups in total. The van der Waals surface area contributed by atoms with Gasteiger partial charge in [-0.05, 0) is 27.8 Å². The van der Waals surface area contributed by atoms with E-state index >= 15 is 0 Å². The van der Waals surface area contributed by atoms with Gasteiger partial charge in [-0.3, -0.25) is 0 Å². The minimum atomic E-state index is -1.52. The minimum absolute atomic E-state index is 0.00676. The van der Waals surface area contributed by atoms with E-state index in [1.807, 2.05) is 6.92 Å². The van der Waals surface area contributed by atoms with Gasteiger partial charge in [-0.2, -0.15) is 0 Å². The van der Waals surface area contributed by atoms with E-state index in [1.165, 1.54) is 13.8 Å². The summed E-state index contributed by atoms with van der Waals surface area (Å²) >= 11 is 0. The standard InChI is InChI=1S/C12H18FNO/c1-8(14-4)9-6-5-7-10(11(9)15)12(2,3)13/h5-8,14-15H,1-4H3. The number of para-hydroxylation sites is 1. The summed E-state index contributed by atoms with van der Waals surface area (Å²) in [4.78, 5) is 0. The molecule has 1 rings (SSSR count). The maximum Gasteiger partial charge on any atom is 0.134 e. The maximum absolute atomic E-state index is 13.7. The number of phenolic OH excluding ortho intramolecular Hbond substituents is 1. The fourth-order valence-electron chi connectivity index (χ4n) is 1.55. The molecule has 15 heavy (non-hydrogen) atoms. The number of aromatic hydroxyl groups is 1. The van der Waals surface area contributed by atoms with Gasteiger partial charge < -0.3 is 10.4 Å². The molecule has 0 aromatic heterocycles. The highest BCUT2D eigenvalue weighted by Crippen LogP contribution is 2.36. The Bertz CT molecular complexity index is 344. The van der Waals surface area contributed by atoms with Gasteiger partial charge in [-0.1, -0.05) is 18.2 Å². The number of nitrogens with one attached hydrogen (secondary N) is 1. The lowest BCUT2D eigenvalue weighted by Crippen LogP contribution is -2.15. The summed E-state index contributed by atoms with van der Waals surface area (Å²) in [6, 6.07) is 5.18. The number of phenols is 1. The van der Waals surface area contributed by atoms with Crippen LogP contribution in [0.2, 0.25) is 0 Å². The fourth-order valence-corrected chi connectivity index (χ4v) is 1.55. The minimum Gasteiger partial charge on any atom is -0.507 e. The van der Waals surface area contributed by atoms with Crippen molar-refractivity contribution in [3.63, 3.8) is 0 Å². The third kappa shape index (κ3) is 2.48. The van der Waals surface area contributed by atoms with Gasteiger partial charge in [0.2, 0.25) is 0 Å². The van der Waals surface area contributed by atoms with Crippen LogP contribution in [0.25, 0.3) is 0 Å². The lowest BCUT2D eigenvalue weighted by Gasteiger charge is -2.20. The van der Waals surface area contributed by atoms with Gasteiger partial charge in [-0.25, -0.2) is 4.39 Å². The quantitative estimate of drug-likeness (QED) is 0.805. The third-order valence-corrected chi connectivity index (χ3v) is 2.61. The molecule has 0 saturated heterocycles. The summed E-state index contributed by atoms with van der Waals surface area (Å²) < 4.78 is 13.7. The second kappa shape index (κ2) is 4.19. The second-order valence-electron chi connectivity index (χ2n) is 4.23. The van der Waals surface area contributed by atoms with Crippen molar-refractivity contribution < 1.29 is 9.50 Å². The monoisotopic (exact) mass is 211 g/mol. The molecule has 2 nitrogen and oxygen atoms in total. The molecular formula is C12H18FNO. The molecular weight excluding hydrogens is 193 g/mol. The van der Waals surface area contributed by atoms with Gasteiger partial charge in [0.15, 0.2) is 0 Å². The molecule has 1 atom stereocenters. The van der Waals surface area contributed by atoms with Gasteiger partial charge in [0, 0.05) is 17.2 Å². The topological polar surface area (TPSA) is 32.3 Å². The van der Waals surface area contributed by atoms with Crippen molar-refractivity contribution in [2.24, 2.45) is 0 Å². The average molecular weight is 211 g/mol. The van der Waals surface area contributed by atoms with Crippen molar-refractivity contribution >= 4 is 0 Å². The molecule has 0 spiro atoms. The number of benzene rings is 1. The lowest BCUT2D eigenvalue weighted by atomic mass is 9.94. The molecule has 0 aliphatic heterocycles. The van der Waals surface area contributed by atoms with Crippen LogP contribution in [0.4, 0.5) is 4.39 Å². The number of hydrogen-bond donors (Lipinski definition) is 2. The van der Waals surface area contributed by atoms with Crippen molar-refractivity contribution in [3.05, 3.63) is 29.3 Å². The van der Waals surface area contributed by atoms with Crippen molar-refractivity contribution in [1.82, 2.24) is 5.32 Å². The van der Waals surface area contributed by atoms with Gasteiger partial charge in [0.1, 0.15) is 11.4 Å². The lowest BCUT2D eigenvalue weighted by molar-refractivity contribution is 0.214. The van der Waals surface area contributed by atoms with Crippen LogP contribution in [-0.2, 0) is 5.67 Å². The van der Waals surface area contributed by atoms with E-state index < -0.39 is 5.67 Å². The van der Waals surface area contributed by atoms with Crippen molar-refractivity contribution in [3.8, 4) is 5.75 Å². The second-order valence-corrected chi connectivity index (χ2v) is 4.23. The Hall–Kier alpha value is -1.09. The summed E-state index contributed by atoms with van der Waals surface area (Å²) in [6.45, 7) is 4.80. The Morgan fingerprint density at radius 1 is 1.40 bits per heavy atom.